The molecule has 3 aliphatic rings. The van der Waals surface area contributed by atoms with E-state index in [0.717, 1.165) is 25.7 Å². The van der Waals surface area contributed by atoms with Gasteiger partial charge >= 0.3 is 0 Å². The highest BCUT2D eigenvalue weighted by Crippen LogP contribution is 2.48. The number of benzene rings is 1. The summed E-state index contributed by atoms with van der Waals surface area (Å²) in [7, 11) is 3.12. The summed E-state index contributed by atoms with van der Waals surface area (Å²) >= 11 is 6.53. The number of rotatable bonds is 10. The molecule has 2 aliphatic carbocycles. The topological polar surface area (TPSA) is 164 Å². The van der Waals surface area contributed by atoms with E-state index in [1.807, 2.05) is 6.07 Å². The largest absolute Gasteiger partial charge is 0.495 e. The molecule has 11 nitrogen and oxygen atoms in total. The summed E-state index contributed by atoms with van der Waals surface area (Å²) in [5, 5.41) is 3.06. The molecule has 2 aromatic heterocycles. The second-order valence-corrected chi connectivity index (χ2v) is 12.4. The maximum Gasteiger partial charge on any atom is 0.269 e. The number of anilines is 1. The first-order valence-corrected chi connectivity index (χ1v) is 15.0. The minimum atomic E-state index is -1.11. The number of aliphatic imine (C=N–C) groups is 1. The fourth-order valence-electron chi connectivity index (χ4n) is 5.54. The van der Waals surface area contributed by atoms with E-state index in [4.69, 9.17) is 37.5 Å². The Morgan fingerprint density at radius 2 is 2.05 bits per heavy atom. The van der Waals surface area contributed by atoms with Gasteiger partial charge in [-0.2, -0.15) is 0 Å². The Hall–Kier alpha value is -4.38. The van der Waals surface area contributed by atoms with Crippen LogP contribution >= 0.6 is 11.6 Å². The molecule has 0 saturated heterocycles. The molecule has 3 heterocycles. The Labute approximate surface area is 259 Å². The first-order valence-electron chi connectivity index (χ1n) is 14.6. The highest BCUT2D eigenvalue weighted by Gasteiger charge is 2.45. The maximum atomic E-state index is 13.5. The second kappa shape index (κ2) is 11.3. The Morgan fingerprint density at radius 1 is 1.30 bits per heavy atom. The van der Waals surface area contributed by atoms with Gasteiger partial charge in [0.1, 0.15) is 34.2 Å². The maximum absolute atomic E-state index is 13.5. The van der Waals surface area contributed by atoms with E-state index in [1.54, 1.807) is 44.6 Å². The van der Waals surface area contributed by atoms with Crippen LogP contribution in [-0.2, 0) is 17.3 Å². The first kappa shape index (κ1) is 29.7. The van der Waals surface area contributed by atoms with Crippen molar-refractivity contribution in [2.24, 2.45) is 23.7 Å². The number of nitrogen functional groups attached to an aromatic ring is 1. The van der Waals surface area contributed by atoms with Gasteiger partial charge in [-0.15, -0.1) is 0 Å². The number of hydrogen-bond donors (Lipinski definition) is 3. The van der Waals surface area contributed by atoms with E-state index in [9.17, 15) is 14.4 Å². The molecular weight excluding hydrogens is 584 g/mol. The molecule has 2 saturated carbocycles. The van der Waals surface area contributed by atoms with Gasteiger partial charge in [-0.05, 0) is 62.8 Å². The highest BCUT2D eigenvalue weighted by molar-refractivity contribution is 6.33. The number of aromatic nitrogens is 2. The molecule has 12 heteroatoms. The molecule has 230 valence electrons. The molecule has 1 aromatic carbocycles. The average Bonchev–Trinajstić information content (AvgIpc) is 3.95. The predicted octanol–water partition coefficient (Wildman–Crippen LogP) is 3.33. The summed E-state index contributed by atoms with van der Waals surface area (Å²) < 4.78 is 12.8. The van der Waals surface area contributed by atoms with E-state index in [2.05, 4.69) is 10.3 Å². The number of ether oxygens (including phenoxy) is 2. The molecule has 5 N–H and O–H groups in total. The normalized spacial score (nSPS) is 19.8. The lowest BCUT2D eigenvalue weighted by Crippen LogP contribution is -2.40. The minimum absolute atomic E-state index is 0.00673. The number of nitrogens with zero attached hydrogens (tertiary/aromatic N) is 3. The number of halogens is 1. The summed E-state index contributed by atoms with van der Waals surface area (Å²) in [5.41, 5.74) is 14.1. The lowest BCUT2D eigenvalue weighted by Gasteiger charge is -2.22. The highest BCUT2D eigenvalue weighted by atomic mass is 35.5. The third-order valence-corrected chi connectivity index (χ3v) is 9.15. The van der Waals surface area contributed by atoms with Gasteiger partial charge in [0.25, 0.3) is 11.5 Å². The number of carbonyl (C=O) groups excluding carboxylic acids is 2. The minimum Gasteiger partial charge on any atom is -0.495 e. The van der Waals surface area contributed by atoms with E-state index >= 15 is 0 Å². The zero-order valence-corrected chi connectivity index (χ0v) is 25.6. The fraction of sp³-hybridized carbons (Fsp3) is 0.406. The number of pyridine rings is 2. The van der Waals surface area contributed by atoms with Gasteiger partial charge in [-0.1, -0.05) is 11.6 Å². The third-order valence-electron chi connectivity index (χ3n) is 8.78. The van der Waals surface area contributed by atoms with Crippen molar-refractivity contribution in [3.05, 3.63) is 68.2 Å². The summed E-state index contributed by atoms with van der Waals surface area (Å²) in [6, 6.07) is 7.18. The van der Waals surface area contributed by atoms with Crippen LogP contribution in [-0.4, -0.2) is 53.9 Å². The SMILES string of the molecule is COc1cc(C(=O)NC[C@H](c2cc3c(c(-c4ccn(C)c(=O)c4Cl)n2)OC[C@]3(C)C(N)=O)C2CC2)cc(C=NC2CC2)c1N. The standard InChI is InChI=1S/C32H35ClN6O5/c1-32(31(35)42)15-44-28-22(32)12-23(38-27(28)20-8-9-39(2)30(41)25(20)33)21(16-4-5-16)14-37-29(40)17-10-18(13-36-19-6-7-19)26(34)24(11-17)43-3/h8-13,16,19,21H,4-7,14-15,34H2,1-3H3,(H2,35,42)(H,37,40)/t21-,32-/m0/s1. The first-order chi connectivity index (χ1) is 21.0. The molecule has 6 rings (SSSR count). The molecular formula is C32H35ClN6O5. The summed E-state index contributed by atoms with van der Waals surface area (Å²) in [4.78, 5) is 48.3. The average molecular weight is 619 g/mol. The molecule has 3 aromatic rings. The lowest BCUT2D eigenvalue weighted by molar-refractivity contribution is -0.123. The van der Waals surface area contributed by atoms with E-state index < -0.39 is 11.3 Å². The van der Waals surface area contributed by atoms with Gasteiger partial charge in [0.05, 0.1) is 18.8 Å². The van der Waals surface area contributed by atoms with E-state index in [-0.39, 0.29) is 41.5 Å². The molecule has 44 heavy (non-hydrogen) atoms. The van der Waals surface area contributed by atoms with Crippen LogP contribution < -0.4 is 31.8 Å². The van der Waals surface area contributed by atoms with Crippen molar-refractivity contribution in [3.63, 3.8) is 0 Å². The Bertz CT molecular complexity index is 1760. The van der Waals surface area contributed by atoms with Crippen LogP contribution in [0.1, 0.15) is 65.7 Å². The lowest BCUT2D eigenvalue weighted by atomic mass is 9.82. The second-order valence-electron chi connectivity index (χ2n) is 12.1. The number of primary amides is 1. The van der Waals surface area contributed by atoms with Crippen molar-refractivity contribution in [2.75, 3.05) is 26.0 Å². The molecule has 0 bridgehead atoms. The van der Waals surface area contributed by atoms with Crippen molar-refractivity contribution < 1.29 is 19.1 Å². The van der Waals surface area contributed by atoms with Gasteiger partial charge in [-0.3, -0.25) is 19.4 Å². The van der Waals surface area contributed by atoms with Gasteiger partial charge in [0.15, 0.2) is 0 Å². The molecule has 0 unspecified atom stereocenters. The van der Waals surface area contributed by atoms with Gasteiger partial charge < -0.3 is 30.8 Å². The molecule has 1 aliphatic heterocycles. The van der Waals surface area contributed by atoms with Crippen LogP contribution in [0.25, 0.3) is 11.3 Å². The smallest absolute Gasteiger partial charge is 0.269 e. The van der Waals surface area contributed by atoms with Crippen LogP contribution in [0.2, 0.25) is 5.02 Å². The van der Waals surface area contributed by atoms with Crippen LogP contribution in [0.5, 0.6) is 11.5 Å². The number of methoxy groups -OCH3 is 1. The summed E-state index contributed by atoms with van der Waals surface area (Å²) in [6.45, 7) is 2.05. The molecule has 2 fully saturated rings. The number of carbonyl (C=O) groups is 2. The van der Waals surface area contributed by atoms with Gasteiger partial charge in [-0.25, -0.2) is 4.98 Å². The predicted molar refractivity (Wildman–Crippen MR) is 168 cm³/mol. The van der Waals surface area contributed by atoms with E-state index in [0.29, 0.717) is 56.9 Å². The fourth-order valence-corrected chi connectivity index (χ4v) is 5.83. The molecule has 0 radical (unpaired) electrons. The number of hydrogen-bond acceptors (Lipinski definition) is 8. The monoisotopic (exact) mass is 618 g/mol. The summed E-state index contributed by atoms with van der Waals surface area (Å²) in [6.07, 6.45) is 7.33. The zero-order chi connectivity index (χ0) is 31.3. The third kappa shape index (κ3) is 5.40. The summed E-state index contributed by atoms with van der Waals surface area (Å²) in [5.74, 6) is 0.0171. The van der Waals surface area contributed by atoms with Crippen LogP contribution in [0.15, 0.2) is 40.2 Å². The van der Waals surface area contributed by atoms with Crippen molar-refractivity contribution in [1.82, 2.24) is 14.9 Å². The van der Waals surface area contributed by atoms with Crippen molar-refractivity contribution in [3.8, 4) is 22.8 Å². The molecule has 2 atom stereocenters. The van der Waals surface area contributed by atoms with Crippen LogP contribution in [0.4, 0.5) is 5.69 Å². The zero-order valence-electron chi connectivity index (χ0n) is 24.9. The Kier molecular flexibility index (Phi) is 7.61. The quantitative estimate of drug-likeness (QED) is 0.232. The number of nitrogens with one attached hydrogen (secondary N) is 1. The Balaban J connectivity index is 1.36. The molecule has 2 amide bonds. The number of nitrogens with two attached hydrogens (primary N) is 2. The number of aryl methyl sites for hydroxylation is 1. The van der Waals surface area contributed by atoms with Crippen LogP contribution in [0, 0.1) is 5.92 Å². The number of fused-ring (bicyclic) bond motifs is 1. The van der Waals surface area contributed by atoms with Crippen molar-refractivity contribution >= 4 is 35.3 Å². The molecule has 0 spiro atoms. The van der Waals surface area contributed by atoms with Crippen LogP contribution in [0.3, 0.4) is 0 Å². The van der Waals surface area contributed by atoms with Crippen molar-refractivity contribution in [1.29, 1.82) is 0 Å². The van der Waals surface area contributed by atoms with Gasteiger partial charge in [0.2, 0.25) is 5.91 Å². The van der Waals surface area contributed by atoms with E-state index in [1.165, 1.54) is 11.7 Å². The Morgan fingerprint density at radius 3 is 2.70 bits per heavy atom. The van der Waals surface area contributed by atoms with Crippen molar-refractivity contribution in [2.45, 2.75) is 50.0 Å². The van der Waals surface area contributed by atoms with Gasteiger partial charge in [0, 0.05) is 59.9 Å². The number of amides is 2.